The Kier molecular flexibility index (Phi) is 24.0. The number of rotatable bonds is 20. The minimum atomic E-state index is -3.98. The number of carbonyl (C=O) groups excluding carboxylic acids is 3. The molecule has 15 rings (SSSR count). The van der Waals surface area contributed by atoms with Crippen molar-refractivity contribution >= 4 is 57.5 Å². The van der Waals surface area contributed by atoms with E-state index in [9.17, 15) is 39.6 Å². The maximum absolute atomic E-state index is 13.7. The number of imidazole rings is 3. The van der Waals surface area contributed by atoms with Crippen LogP contribution < -0.4 is 30.2 Å². The first-order valence-electron chi connectivity index (χ1n) is 35.9. The van der Waals surface area contributed by atoms with Gasteiger partial charge >= 0.3 is 0 Å². The van der Waals surface area contributed by atoms with E-state index in [0.29, 0.717) is 121 Å². The van der Waals surface area contributed by atoms with Gasteiger partial charge in [-0.1, -0.05) is 143 Å². The Hall–Kier alpha value is -11.5. The van der Waals surface area contributed by atoms with Gasteiger partial charge in [0, 0.05) is 71.5 Å². The number of H-pyrrole nitrogens is 1. The molecule has 31 heteroatoms. The number of amides is 3. The van der Waals surface area contributed by atoms with Gasteiger partial charge in [-0.25, -0.2) is 48.2 Å². The minimum Gasteiger partial charge on any atom is -0.496 e. The third-order valence-corrected chi connectivity index (χ3v) is 26.2. The van der Waals surface area contributed by atoms with Crippen LogP contribution in [0.15, 0.2) is 211 Å². The number of halogens is 1. The second-order valence-corrected chi connectivity index (χ2v) is 33.7. The zero-order chi connectivity index (χ0) is 79.8. The predicted molar refractivity (Wildman–Crippen MR) is 416 cm³/mol. The molecule has 112 heavy (non-hydrogen) atoms. The lowest BCUT2D eigenvalue weighted by atomic mass is 9.69. The van der Waals surface area contributed by atoms with Crippen LogP contribution in [0.5, 0.6) is 17.2 Å². The van der Waals surface area contributed by atoms with Crippen molar-refractivity contribution < 1.29 is 67.4 Å². The van der Waals surface area contributed by atoms with Crippen molar-refractivity contribution in [3.05, 3.63) is 285 Å². The van der Waals surface area contributed by atoms with Gasteiger partial charge in [0.2, 0.25) is 0 Å². The molecule has 3 aliphatic rings. The third-order valence-electron chi connectivity index (χ3n) is 20.8. The van der Waals surface area contributed by atoms with E-state index in [0.717, 1.165) is 47.5 Å². The highest BCUT2D eigenvalue weighted by Crippen LogP contribution is 2.43. The summed E-state index contributed by atoms with van der Waals surface area (Å²) < 4.78 is 109. The molecule has 4 N–H and O–H groups in total. The van der Waals surface area contributed by atoms with Crippen LogP contribution in [-0.2, 0) is 83.9 Å². The number of nitrogens with one attached hydrogen (secondary N) is 4. The van der Waals surface area contributed by atoms with Gasteiger partial charge in [0.05, 0.1) is 72.8 Å². The molecule has 3 aliphatic carbocycles. The second-order valence-electron chi connectivity index (χ2n) is 27.7. The first-order chi connectivity index (χ1) is 53.7. The zero-order valence-electron chi connectivity index (χ0n) is 63.1. The van der Waals surface area contributed by atoms with E-state index in [1.165, 1.54) is 54.2 Å². The number of fused-ring (bicyclic) bond motifs is 3. The molecule has 0 radical (unpaired) electrons. The fraction of sp³-hybridized carbons (Fsp3) is 0.296. The lowest BCUT2D eigenvalue weighted by Gasteiger charge is -2.38. The van der Waals surface area contributed by atoms with Gasteiger partial charge in [0.1, 0.15) is 51.9 Å². The number of benzene rings is 6. The molecular formula is C81H85ClN12O15S3. The first kappa shape index (κ1) is 80.1. The van der Waals surface area contributed by atoms with E-state index in [-0.39, 0.29) is 60.8 Å². The molecule has 0 fully saturated rings. The summed E-state index contributed by atoms with van der Waals surface area (Å²) in [4.78, 5) is 55.9. The number of hydrogen-bond donors (Lipinski definition) is 4. The molecule has 584 valence electrons. The summed E-state index contributed by atoms with van der Waals surface area (Å²) in [5.41, 5.74) is 9.48. The summed E-state index contributed by atoms with van der Waals surface area (Å²) in [6, 6.07) is 51.7. The molecule has 6 aromatic heterocycles. The van der Waals surface area contributed by atoms with Crippen molar-refractivity contribution in [2.45, 2.75) is 130 Å². The summed E-state index contributed by atoms with van der Waals surface area (Å²) >= 11 is 0. The standard InChI is InChI=1S/2C27H28N4O5S.C22H23N3O2.C5H6ClNO3S/c1-18-25(19(2)36-30-18)37(33,34)31-17-29-22-15-27(14-13-23(22)31,20-9-5-4-6-10-20)16-28-26(32)21-11-7-8-12-24(21)35-3;1-18-25(19(2)36-30-18)37(33,34)31-17-29-22-13-14-27(15-23(22)31,20-9-5-4-6-10-20)16-28-26(32)21-11-7-8-12-24(21)35-3;1-27-20-10-6-5-9-17(20)21(26)23-14-22(16-7-3-2-4-8-16)12-11-18-19(13-22)25-15-24-18;1-3-5(11(6,8)9)4(2)10-7-3/h2*4-12,17H,13-16H2,1-3H3,(H,28,32);2-10,15H,11-14H2,1H3,(H,23,26)(H,24,25);1-2H3. The van der Waals surface area contributed by atoms with E-state index in [2.05, 4.69) is 80.1 Å². The molecule has 0 aliphatic heterocycles. The normalized spacial score (nSPS) is 17.1. The highest BCUT2D eigenvalue weighted by atomic mass is 35.7. The Morgan fingerprint density at radius 2 is 0.786 bits per heavy atom. The maximum Gasteiger partial charge on any atom is 0.274 e. The van der Waals surface area contributed by atoms with Crippen LogP contribution >= 0.6 is 10.7 Å². The van der Waals surface area contributed by atoms with Crippen LogP contribution in [0.3, 0.4) is 0 Å². The zero-order valence-corrected chi connectivity index (χ0v) is 66.3. The van der Waals surface area contributed by atoms with Crippen molar-refractivity contribution in [1.29, 1.82) is 0 Å². The predicted octanol–water partition coefficient (Wildman–Crippen LogP) is 11.7. The summed E-state index contributed by atoms with van der Waals surface area (Å²) in [5, 5.41) is 20.4. The quantitative estimate of drug-likeness (QED) is 0.0515. The Labute approximate surface area is 653 Å². The highest BCUT2D eigenvalue weighted by molar-refractivity contribution is 8.13. The average Bonchev–Trinajstić information content (AvgIpc) is 1.56. The molecule has 0 bridgehead atoms. The molecule has 3 atom stereocenters. The molecule has 0 spiro atoms. The Balaban J connectivity index is 0.000000147. The van der Waals surface area contributed by atoms with Gasteiger partial charge < -0.3 is 48.7 Å². The van der Waals surface area contributed by atoms with E-state index >= 15 is 0 Å². The number of ether oxygens (including phenoxy) is 3. The Morgan fingerprint density at radius 3 is 1.17 bits per heavy atom. The van der Waals surface area contributed by atoms with E-state index in [1.807, 2.05) is 91.0 Å². The smallest absolute Gasteiger partial charge is 0.274 e. The first-order valence-corrected chi connectivity index (χ1v) is 41.1. The molecule has 3 unspecified atom stereocenters. The maximum atomic E-state index is 13.7. The van der Waals surface area contributed by atoms with Crippen molar-refractivity contribution in [2.24, 2.45) is 0 Å². The van der Waals surface area contributed by atoms with Gasteiger partial charge in [0.25, 0.3) is 46.8 Å². The molecule has 0 saturated heterocycles. The number of aromatic amines is 1. The SMILES string of the molecule is COc1ccccc1C(=O)NCC1(c2ccccc2)CCc2c(ncn2S(=O)(=O)c2c(C)noc2C)C1.COc1ccccc1C(=O)NCC1(c2ccccc2)CCc2nc[nH]c2C1.COc1ccccc1C(=O)NCC1(c2ccccc2)CCc2ncn(S(=O)(=O)c3c(C)noc3C)c2C1.Cc1noc(C)c1S(=O)(=O)Cl. The van der Waals surface area contributed by atoms with Crippen molar-refractivity contribution in [1.82, 2.24) is 59.3 Å². The second kappa shape index (κ2) is 33.6. The summed E-state index contributed by atoms with van der Waals surface area (Å²) in [7, 11) is -1.87. The fourth-order valence-corrected chi connectivity index (χ4v) is 19.9. The van der Waals surface area contributed by atoms with Gasteiger partial charge in [-0.3, -0.25) is 14.4 Å². The number of methoxy groups -OCH3 is 3. The minimum absolute atomic E-state index is 0.0285. The monoisotopic (exact) mass is 1600 g/mol. The molecule has 12 aromatic rings. The molecule has 6 aromatic carbocycles. The lowest BCUT2D eigenvalue weighted by Crippen LogP contribution is -2.45. The van der Waals surface area contributed by atoms with Crippen LogP contribution in [0, 0.1) is 41.5 Å². The number of hydrogen-bond acceptors (Lipinski definition) is 21. The van der Waals surface area contributed by atoms with Crippen molar-refractivity contribution in [3.8, 4) is 17.2 Å². The summed E-state index contributed by atoms with van der Waals surface area (Å²) in [6.07, 6.45) is 10.4. The third kappa shape index (κ3) is 16.6. The number of aromatic nitrogens is 9. The van der Waals surface area contributed by atoms with E-state index < -0.39 is 39.9 Å². The fourth-order valence-electron chi connectivity index (χ4n) is 15.1. The molecule has 6 heterocycles. The topological polar surface area (TPSA) is 360 Å². The van der Waals surface area contributed by atoms with E-state index in [1.54, 1.807) is 89.7 Å². The molecule has 3 amide bonds. The van der Waals surface area contributed by atoms with Gasteiger partial charge in [-0.2, -0.15) is 0 Å². The van der Waals surface area contributed by atoms with Gasteiger partial charge in [-0.15, -0.1) is 0 Å². The van der Waals surface area contributed by atoms with Gasteiger partial charge in [0.15, 0.2) is 27.1 Å². The Bertz CT molecular complexity index is 5690. The van der Waals surface area contributed by atoms with Crippen molar-refractivity contribution in [3.63, 3.8) is 0 Å². The lowest BCUT2D eigenvalue weighted by molar-refractivity contribution is 0.0929. The number of nitrogens with zero attached hydrogens (tertiary/aromatic N) is 8. The number of aryl methyl sites for hydroxylation is 8. The molecule has 27 nitrogen and oxygen atoms in total. The number of para-hydroxylation sites is 3. The van der Waals surface area contributed by atoms with Crippen LogP contribution in [0.1, 0.15) is 136 Å². The largest absolute Gasteiger partial charge is 0.496 e. The average molecular weight is 1600 g/mol. The summed E-state index contributed by atoms with van der Waals surface area (Å²) in [6.45, 7) is 10.6. The Morgan fingerprint density at radius 1 is 0.438 bits per heavy atom. The molecular weight excluding hydrogens is 1510 g/mol. The van der Waals surface area contributed by atoms with Crippen LogP contribution in [-0.4, -0.2) is 127 Å². The van der Waals surface area contributed by atoms with Gasteiger partial charge in [-0.05, 0) is 133 Å². The van der Waals surface area contributed by atoms with Crippen LogP contribution in [0.4, 0.5) is 0 Å². The summed E-state index contributed by atoms with van der Waals surface area (Å²) in [5.74, 6) is 1.67. The van der Waals surface area contributed by atoms with Crippen LogP contribution in [0.2, 0.25) is 0 Å². The number of carbonyl (C=O) groups is 3. The highest BCUT2D eigenvalue weighted by Gasteiger charge is 2.44. The van der Waals surface area contributed by atoms with E-state index in [4.69, 9.17) is 33.9 Å². The van der Waals surface area contributed by atoms with Crippen molar-refractivity contribution in [2.75, 3.05) is 41.0 Å². The molecule has 0 saturated carbocycles. The van der Waals surface area contributed by atoms with Crippen LogP contribution in [0.25, 0.3) is 0 Å².